The maximum absolute atomic E-state index is 11.5. The smallest absolute Gasteiger partial charge is 0.242 e. The van der Waals surface area contributed by atoms with E-state index >= 15 is 0 Å². The molecule has 0 spiro atoms. The van der Waals surface area contributed by atoms with Crippen LogP contribution in [0.3, 0.4) is 0 Å². The summed E-state index contributed by atoms with van der Waals surface area (Å²) < 4.78 is 0. The first kappa shape index (κ1) is 10.7. The van der Waals surface area contributed by atoms with Gasteiger partial charge in [0.1, 0.15) is 0 Å². The molecule has 2 amide bonds. The lowest BCUT2D eigenvalue weighted by atomic mass is 10.1. The highest BCUT2D eigenvalue weighted by Gasteiger charge is 2.29. The van der Waals surface area contributed by atoms with Crippen molar-refractivity contribution in [2.24, 2.45) is 0 Å². The zero-order chi connectivity index (χ0) is 10.6. The summed E-state index contributed by atoms with van der Waals surface area (Å²) in [5.41, 5.74) is 0.516. The molecule has 5 nitrogen and oxygen atoms in total. The number of hydrogen-bond acceptors (Lipinski definition) is 3. The van der Waals surface area contributed by atoms with Crippen LogP contribution in [0.25, 0.3) is 0 Å². The van der Waals surface area contributed by atoms with E-state index in [1.165, 1.54) is 0 Å². The van der Waals surface area contributed by atoms with Gasteiger partial charge in [0, 0.05) is 12.3 Å². The first-order chi connectivity index (χ1) is 6.66. The van der Waals surface area contributed by atoms with Gasteiger partial charge in [-0.2, -0.15) is 0 Å². The molecule has 1 heterocycles. The second-order valence-electron chi connectivity index (χ2n) is 3.43. The van der Waals surface area contributed by atoms with E-state index in [0.29, 0.717) is 18.7 Å². The van der Waals surface area contributed by atoms with E-state index in [4.69, 9.17) is 5.41 Å². The lowest BCUT2D eigenvalue weighted by molar-refractivity contribution is -0.131. The molecule has 14 heavy (non-hydrogen) atoms. The first-order valence-electron chi connectivity index (χ1n) is 4.68. The fourth-order valence-electron chi connectivity index (χ4n) is 1.75. The van der Waals surface area contributed by atoms with Crippen molar-refractivity contribution in [3.05, 3.63) is 0 Å². The molecule has 0 aromatic rings. The first-order valence-corrected chi connectivity index (χ1v) is 4.68. The highest BCUT2D eigenvalue weighted by Crippen LogP contribution is 2.17. The molecule has 0 bridgehead atoms. The minimum atomic E-state index is -0.105. The molecule has 0 aromatic heterocycles. The normalized spacial score (nSPS) is 20.6. The van der Waals surface area contributed by atoms with Gasteiger partial charge in [0.2, 0.25) is 12.3 Å². The van der Waals surface area contributed by atoms with Gasteiger partial charge in [-0.05, 0) is 19.8 Å². The number of nitrogens with one attached hydrogen (secondary N) is 2. The Morgan fingerprint density at radius 3 is 3.00 bits per heavy atom. The van der Waals surface area contributed by atoms with Crippen molar-refractivity contribution >= 4 is 18.0 Å². The average molecular weight is 197 g/mol. The van der Waals surface area contributed by atoms with Crippen molar-refractivity contribution in [1.29, 1.82) is 5.41 Å². The molecule has 2 N–H and O–H groups in total. The summed E-state index contributed by atoms with van der Waals surface area (Å²) >= 11 is 0. The van der Waals surface area contributed by atoms with Gasteiger partial charge in [0.25, 0.3) is 0 Å². The van der Waals surface area contributed by atoms with E-state index in [1.807, 2.05) is 0 Å². The SMILES string of the molecule is CC(=N)C1CCCN1C(=O)CNC=O. The predicted octanol–water partition coefficient (Wildman–Crippen LogP) is -0.237. The molecule has 1 saturated heterocycles. The lowest BCUT2D eigenvalue weighted by Crippen LogP contribution is -2.43. The Kier molecular flexibility index (Phi) is 3.62. The van der Waals surface area contributed by atoms with Crippen LogP contribution >= 0.6 is 0 Å². The summed E-state index contributed by atoms with van der Waals surface area (Å²) in [5.74, 6) is -0.105. The maximum atomic E-state index is 11.5. The number of rotatable bonds is 4. The molecule has 1 atom stereocenters. The van der Waals surface area contributed by atoms with E-state index in [1.54, 1.807) is 11.8 Å². The van der Waals surface area contributed by atoms with Crippen molar-refractivity contribution in [2.75, 3.05) is 13.1 Å². The molecule has 0 saturated carbocycles. The van der Waals surface area contributed by atoms with E-state index in [0.717, 1.165) is 12.8 Å². The van der Waals surface area contributed by atoms with E-state index in [2.05, 4.69) is 5.32 Å². The molecule has 0 aliphatic carbocycles. The van der Waals surface area contributed by atoms with E-state index < -0.39 is 0 Å². The highest BCUT2D eigenvalue weighted by atomic mass is 16.2. The molecule has 1 rings (SSSR count). The molecule has 5 heteroatoms. The number of amides is 2. The Morgan fingerprint density at radius 1 is 1.71 bits per heavy atom. The number of carbonyl (C=O) groups excluding carboxylic acids is 2. The zero-order valence-corrected chi connectivity index (χ0v) is 8.25. The van der Waals surface area contributed by atoms with Gasteiger partial charge in [-0.25, -0.2) is 0 Å². The van der Waals surface area contributed by atoms with Crippen LogP contribution in [-0.2, 0) is 9.59 Å². The van der Waals surface area contributed by atoms with Crippen LogP contribution in [0.1, 0.15) is 19.8 Å². The van der Waals surface area contributed by atoms with E-state index in [9.17, 15) is 9.59 Å². The van der Waals surface area contributed by atoms with E-state index in [-0.39, 0.29) is 18.5 Å². The van der Waals surface area contributed by atoms with Crippen molar-refractivity contribution in [1.82, 2.24) is 10.2 Å². The standard InChI is InChI=1S/C9H15N3O2/c1-7(10)8-3-2-4-12(8)9(14)5-11-6-13/h6,8,10H,2-5H2,1H3,(H,11,13). The minimum absolute atomic E-state index is 0.0350. The molecular formula is C9H15N3O2. The Bertz CT molecular complexity index is 252. The van der Waals surface area contributed by atoms with Gasteiger partial charge in [-0.15, -0.1) is 0 Å². The molecule has 1 aliphatic rings. The van der Waals surface area contributed by atoms with Crippen LogP contribution in [0.15, 0.2) is 0 Å². The van der Waals surface area contributed by atoms with Gasteiger partial charge >= 0.3 is 0 Å². The van der Waals surface area contributed by atoms with Crippen LogP contribution in [0, 0.1) is 5.41 Å². The molecule has 1 fully saturated rings. The Labute approximate surface area is 83.0 Å². The molecule has 78 valence electrons. The summed E-state index contributed by atoms with van der Waals surface area (Å²) in [7, 11) is 0. The second kappa shape index (κ2) is 4.74. The largest absolute Gasteiger partial charge is 0.350 e. The second-order valence-corrected chi connectivity index (χ2v) is 3.43. The fourth-order valence-corrected chi connectivity index (χ4v) is 1.75. The quantitative estimate of drug-likeness (QED) is 0.482. The summed E-state index contributed by atoms with van der Waals surface area (Å²) in [6, 6.07) is -0.0593. The maximum Gasteiger partial charge on any atom is 0.242 e. The lowest BCUT2D eigenvalue weighted by Gasteiger charge is -2.23. The van der Waals surface area contributed by atoms with Crippen LogP contribution in [0.4, 0.5) is 0 Å². The van der Waals surface area contributed by atoms with Gasteiger partial charge in [0.15, 0.2) is 0 Å². The number of nitrogens with zero attached hydrogens (tertiary/aromatic N) is 1. The zero-order valence-electron chi connectivity index (χ0n) is 8.25. The third kappa shape index (κ3) is 2.31. The number of carbonyl (C=O) groups is 2. The summed E-state index contributed by atoms with van der Waals surface area (Å²) in [4.78, 5) is 23.2. The Morgan fingerprint density at radius 2 is 2.43 bits per heavy atom. The highest BCUT2D eigenvalue weighted by molar-refractivity contribution is 5.90. The van der Waals surface area contributed by atoms with Crippen molar-refractivity contribution in [3.63, 3.8) is 0 Å². The molecular weight excluding hydrogens is 182 g/mol. The fraction of sp³-hybridized carbons (Fsp3) is 0.667. The Hall–Kier alpha value is -1.39. The van der Waals surface area contributed by atoms with Crippen molar-refractivity contribution in [2.45, 2.75) is 25.8 Å². The molecule has 1 unspecified atom stereocenters. The summed E-state index contributed by atoms with van der Waals surface area (Å²) in [6.45, 7) is 2.44. The third-order valence-electron chi connectivity index (χ3n) is 2.41. The molecule has 0 radical (unpaired) electrons. The number of hydrogen-bond donors (Lipinski definition) is 2. The average Bonchev–Trinajstić information content (AvgIpc) is 2.62. The van der Waals surface area contributed by atoms with Crippen LogP contribution in [0.5, 0.6) is 0 Å². The van der Waals surface area contributed by atoms with Crippen molar-refractivity contribution in [3.8, 4) is 0 Å². The third-order valence-corrected chi connectivity index (χ3v) is 2.41. The van der Waals surface area contributed by atoms with Gasteiger partial charge in [-0.1, -0.05) is 0 Å². The topological polar surface area (TPSA) is 73.3 Å². The molecule has 1 aliphatic heterocycles. The van der Waals surface area contributed by atoms with Crippen LogP contribution in [-0.4, -0.2) is 42.1 Å². The number of likely N-dealkylation sites (tertiary alicyclic amines) is 1. The van der Waals surface area contributed by atoms with Crippen LogP contribution in [0.2, 0.25) is 0 Å². The summed E-state index contributed by atoms with van der Waals surface area (Å²) in [6.07, 6.45) is 2.32. The van der Waals surface area contributed by atoms with Gasteiger partial charge in [0.05, 0.1) is 12.6 Å². The monoisotopic (exact) mass is 197 g/mol. The van der Waals surface area contributed by atoms with Gasteiger partial charge < -0.3 is 15.6 Å². The predicted molar refractivity (Wildman–Crippen MR) is 52.2 cm³/mol. The minimum Gasteiger partial charge on any atom is -0.350 e. The summed E-state index contributed by atoms with van der Waals surface area (Å²) in [5, 5.41) is 9.85. The molecule has 0 aromatic carbocycles. The van der Waals surface area contributed by atoms with Gasteiger partial charge in [-0.3, -0.25) is 9.59 Å². The van der Waals surface area contributed by atoms with Crippen LogP contribution < -0.4 is 5.32 Å². The Balaban J connectivity index is 2.53. The van der Waals surface area contributed by atoms with Crippen molar-refractivity contribution < 1.29 is 9.59 Å².